The van der Waals surface area contributed by atoms with E-state index in [1.807, 2.05) is 12.1 Å². The molecule has 5 nitrogen and oxygen atoms in total. The number of piperidine rings is 1. The third-order valence-corrected chi connectivity index (χ3v) is 4.79. The first-order chi connectivity index (χ1) is 12.5. The van der Waals surface area contributed by atoms with Gasteiger partial charge in [0.15, 0.2) is 5.60 Å². The van der Waals surface area contributed by atoms with Crippen molar-refractivity contribution in [3.63, 3.8) is 0 Å². The Balaban J connectivity index is 1.71. The number of amides is 1. The van der Waals surface area contributed by atoms with Crippen LogP contribution in [-0.4, -0.2) is 29.1 Å². The topological polar surface area (TPSA) is 65.5 Å². The highest BCUT2D eigenvalue weighted by atomic mass is 19.1. The summed E-state index contributed by atoms with van der Waals surface area (Å²) in [4.78, 5) is 19.2. The van der Waals surface area contributed by atoms with Crippen molar-refractivity contribution in [1.29, 1.82) is 0 Å². The zero-order valence-corrected chi connectivity index (χ0v) is 14.9. The van der Waals surface area contributed by atoms with Crippen LogP contribution in [0.2, 0.25) is 0 Å². The Morgan fingerprint density at radius 3 is 2.77 bits per heavy atom. The lowest BCUT2D eigenvalue weighted by Crippen LogP contribution is -2.42. The van der Waals surface area contributed by atoms with E-state index in [2.05, 4.69) is 15.2 Å². The smallest absolute Gasteiger partial charge is 0.256 e. The van der Waals surface area contributed by atoms with Gasteiger partial charge in [-0.15, -0.1) is 0 Å². The summed E-state index contributed by atoms with van der Waals surface area (Å²) in [6.45, 7) is 3.54. The van der Waals surface area contributed by atoms with Crippen LogP contribution in [0.4, 0.5) is 10.2 Å². The highest BCUT2D eigenvalue weighted by Crippen LogP contribution is 2.24. The zero-order valence-electron chi connectivity index (χ0n) is 14.9. The van der Waals surface area contributed by atoms with E-state index < -0.39 is 17.3 Å². The minimum atomic E-state index is -1.81. The third kappa shape index (κ3) is 4.02. The minimum absolute atomic E-state index is 0.220. The third-order valence-electron chi connectivity index (χ3n) is 4.79. The average Bonchev–Trinajstić information content (AvgIpc) is 2.67. The van der Waals surface area contributed by atoms with Crippen molar-refractivity contribution in [2.45, 2.75) is 38.3 Å². The highest BCUT2D eigenvalue weighted by molar-refractivity contribution is 5.85. The number of pyridine rings is 1. The van der Waals surface area contributed by atoms with Crippen LogP contribution in [0, 0.1) is 5.82 Å². The molecule has 138 valence electrons. The molecule has 1 amide bonds. The second-order valence-electron chi connectivity index (χ2n) is 6.80. The second kappa shape index (κ2) is 7.83. The predicted molar refractivity (Wildman–Crippen MR) is 98.1 cm³/mol. The number of hydrogen-bond donors (Lipinski definition) is 2. The lowest BCUT2D eigenvalue weighted by molar-refractivity contribution is -0.139. The molecule has 6 heteroatoms. The molecular formula is C20H24FN3O2. The zero-order chi connectivity index (χ0) is 18.6. The molecule has 0 radical (unpaired) electrons. The van der Waals surface area contributed by atoms with Gasteiger partial charge in [-0.25, -0.2) is 9.37 Å². The van der Waals surface area contributed by atoms with Gasteiger partial charge in [-0.2, -0.15) is 0 Å². The molecule has 1 unspecified atom stereocenters. The monoisotopic (exact) mass is 357 g/mol. The largest absolute Gasteiger partial charge is 0.376 e. The molecular weight excluding hydrogens is 333 g/mol. The van der Waals surface area contributed by atoms with Crippen molar-refractivity contribution in [1.82, 2.24) is 10.3 Å². The van der Waals surface area contributed by atoms with Gasteiger partial charge < -0.3 is 15.3 Å². The van der Waals surface area contributed by atoms with Gasteiger partial charge in [-0.05, 0) is 49.9 Å². The molecule has 26 heavy (non-hydrogen) atoms. The molecule has 2 aromatic rings. The van der Waals surface area contributed by atoms with Crippen LogP contribution in [0.25, 0.3) is 0 Å². The number of aromatic nitrogens is 1. The summed E-state index contributed by atoms with van der Waals surface area (Å²) in [5, 5.41) is 13.3. The maximum Gasteiger partial charge on any atom is 0.256 e. The van der Waals surface area contributed by atoms with Gasteiger partial charge in [-0.1, -0.05) is 18.2 Å². The van der Waals surface area contributed by atoms with Crippen LogP contribution in [0.1, 0.15) is 37.3 Å². The highest BCUT2D eigenvalue weighted by Gasteiger charge is 2.32. The quantitative estimate of drug-likeness (QED) is 0.864. The summed E-state index contributed by atoms with van der Waals surface area (Å²) in [7, 11) is 0. The van der Waals surface area contributed by atoms with E-state index in [1.165, 1.54) is 37.6 Å². The minimum Gasteiger partial charge on any atom is -0.376 e. The van der Waals surface area contributed by atoms with E-state index in [9.17, 15) is 14.3 Å². The maximum atomic E-state index is 13.4. The van der Waals surface area contributed by atoms with Crippen molar-refractivity contribution in [3.8, 4) is 0 Å². The number of nitrogens with one attached hydrogen (secondary N) is 1. The number of halogens is 1. The van der Waals surface area contributed by atoms with E-state index in [-0.39, 0.29) is 12.1 Å². The number of rotatable bonds is 5. The fraction of sp³-hybridized carbons (Fsp3) is 0.400. The lowest BCUT2D eigenvalue weighted by atomic mass is 9.95. The molecule has 1 saturated heterocycles. The maximum absolute atomic E-state index is 13.4. The summed E-state index contributed by atoms with van der Waals surface area (Å²) in [5.41, 5.74) is -0.689. The summed E-state index contributed by atoms with van der Waals surface area (Å²) >= 11 is 0. The Morgan fingerprint density at radius 2 is 2.04 bits per heavy atom. The van der Waals surface area contributed by atoms with Crippen molar-refractivity contribution in [2.24, 2.45) is 0 Å². The first-order valence-corrected chi connectivity index (χ1v) is 8.94. The molecule has 1 atom stereocenters. The van der Waals surface area contributed by atoms with Gasteiger partial charge in [0.25, 0.3) is 5.91 Å². The number of hydrogen-bond acceptors (Lipinski definition) is 4. The summed E-state index contributed by atoms with van der Waals surface area (Å²) in [5.74, 6) is -0.190. The van der Waals surface area contributed by atoms with Gasteiger partial charge in [0, 0.05) is 31.4 Å². The summed E-state index contributed by atoms with van der Waals surface area (Å²) < 4.78 is 13.4. The van der Waals surface area contributed by atoms with E-state index in [0.29, 0.717) is 0 Å². The molecule has 1 aromatic carbocycles. The normalized spacial score (nSPS) is 16.8. The van der Waals surface area contributed by atoms with Crippen molar-refractivity contribution >= 4 is 11.7 Å². The molecule has 1 aromatic heterocycles. The average molecular weight is 357 g/mol. The summed E-state index contributed by atoms with van der Waals surface area (Å²) in [6.07, 6.45) is 5.25. The first-order valence-electron chi connectivity index (χ1n) is 8.94. The Hall–Kier alpha value is -2.47. The number of carbonyl (C=O) groups is 1. The molecule has 0 spiro atoms. The molecule has 3 rings (SSSR count). The Labute approximate surface area is 152 Å². The Morgan fingerprint density at radius 1 is 1.27 bits per heavy atom. The van der Waals surface area contributed by atoms with Crippen LogP contribution >= 0.6 is 0 Å². The molecule has 0 aliphatic carbocycles. The molecule has 1 aliphatic heterocycles. The summed E-state index contributed by atoms with van der Waals surface area (Å²) in [6, 6.07) is 9.21. The molecule has 1 fully saturated rings. The van der Waals surface area contributed by atoms with Gasteiger partial charge in [0.05, 0.1) is 0 Å². The number of aliphatic hydroxyl groups is 1. The van der Waals surface area contributed by atoms with Crippen LogP contribution in [-0.2, 0) is 16.9 Å². The number of benzene rings is 1. The molecule has 0 saturated carbocycles. The van der Waals surface area contributed by atoms with Crippen molar-refractivity contribution in [3.05, 3.63) is 59.5 Å². The number of anilines is 1. The van der Waals surface area contributed by atoms with E-state index >= 15 is 0 Å². The first kappa shape index (κ1) is 18.3. The SMILES string of the molecule is CC(O)(C(=O)NCc1cccnc1N1CCCCC1)c1cccc(F)c1. The second-order valence-corrected chi connectivity index (χ2v) is 6.80. The van der Waals surface area contributed by atoms with E-state index in [0.717, 1.165) is 37.3 Å². The molecule has 0 bridgehead atoms. The van der Waals surface area contributed by atoms with Gasteiger partial charge >= 0.3 is 0 Å². The predicted octanol–water partition coefficient (Wildman–Crippen LogP) is 2.73. The van der Waals surface area contributed by atoms with Crippen LogP contribution in [0.15, 0.2) is 42.6 Å². The van der Waals surface area contributed by atoms with Crippen LogP contribution < -0.4 is 10.2 Å². The number of carbonyl (C=O) groups excluding carboxylic acids is 1. The van der Waals surface area contributed by atoms with Crippen LogP contribution in [0.5, 0.6) is 0 Å². The van der Waals surface area contributed by atoms with Gasteiger partial charge in [0.1, 0.15) is 11.6 Å². The standard InChI is InChI=1S/C20H24FN3O2/c1-20(26,16-8-5-9-17(21)13-16)19(25)23-14-15-7-6-10-22-18(15)24-11-3-2-4-12-24/h5-10,13,26H,2-4,11-12,14H2,1H3,(H,23,25). The fourth-order valence-corrected chi connectivity index (χ4v) is 3.23. The van der Waals surface area contributed by atoms with Gasteiger partial charge in [0.2, 0.25) is 0 Å². The van der Waals surface area contributed by atoms with Crippen molar-refractivity contribution < 1.29 is 14.3 Å². The van der Waals surface area contributed by atoms with Crippen molar-refractivity contribution in [2.75, 3.05) is 18.0 Å². The Bertz CT molecular complexity index is 773. The Kier molecular flexibility index (Phi) is 5.52. The lowest BCUT2D eigenvalue weighted by Gasteiger charge is -2.29. The number of nitrogens with zero attached hydrogens (tertiary/aromatic N) is 2. The van der Waals surface area contributed by atoms with Crippen LogP contribution in [0.3, 0.4) is 0 Å². The molecule has 2 heterocycles. The van der Waals surface area contributed by atoms with Gasteiger partial charge in [-0.3, -0.25) is 4.79 Å². The van der Waals surface area contributed by atoms with E-state index in [4.69, 9.17) is 0 Å². The van der Waals surface area contributed by atoms with E-state index in [1.54, 1.807) is 6.20 Å². The fourth-order valence-electron chi connectivity index (χ4n) is 3.23. The molecule has 2 N–H and O–H groups in total. The molecule has 1 aliphatic rings.